The number of rotatable bonds is 4. The molecule has 2 atom stereocenters. The van der Waals surface area contributed by atoms with E-state index >= 15 is 0 Å². The Morgan fingerprint density at radius 1 is 1.13 bits per heavy atom. The van der Waals surface area contributed by atoms with Gasteiger partial charge in [-0.3, -0.25) is 9.59 Å². The van der Waals surface area contributed by atoms with Crippen molar-refractivity contribution >= 4 is 51.7 Å². The van der Waals surface area contributed by atoms with Crippen LogP contribution in [0.1, 0.15) is 51.6 Å². The number of amides is 3. The maximum Gasteiger partial charge on any atom is 0.410 e. The van der Waals surface area contributed by atoms with E-state index in [2.05, 4.69) is 25.5 Å². The highest BCUT2D eigenvalue weighted by Crippen LogP contribution is 2.25. The molecule has 3 aromatic rings. The van der Waals surface area contributed by atoms with E-state index in [0.717, 1.165) is 41.0 Å². The van der Waals surface area contributed by atoms with Gasteiger partial charge in [-0.2, -0.15) is 0 Å². The van der Waals surface area contributed by atoms with Crippen molar-refractivity contribution in [1.82, 2.24) is 30.4 Å². The molecule has 0 radical (unpaired) electrons. The van der Waals surface area contributed by atoms with Crippen molar-refractivity contribution in [3.63, 3.8) is 0 Å². The Morgan fingerprint density at radius 2 is 1.84 bits per heavy atom. The molecule has 0 aliphatic carbocycles. The summed E-state index contributed by atoms with van der Waals surface area (Å²) in [4.78, 5) is 51.7. The summed E-state index contributed by atoms with van der Waals surface area (Å²) in [5.41, 5.74) is 1.43. The van der Waals surface area contributed by atoms with Crippen LogP contribution in [0.25, 0.3) is 10.9 Å². The zero-order valence-electron chi connectivity index (χ0n) is 21.8. The van der Waals surface area contributed by atoms with Gasteiger partial charge in [-0.05, 0) is 52.1 Å². The molecule has 1 aromatic carbocycles. The number of benzene rings is 1. The number of nitrogens with zero attached hydrogens (tertiary/aromatic N) is 3. The molecule has 0 bridgehead atoms. The number of fused-ring (bicyclic) bond motifs is 2. The predicted molar refractivity (Wildman–Crippen MR) is 146 cm³/mol. The van der Waals surface area contributed by atoms with Crippen LogP contribution >= 0.6 is 22.9 Å². The third kappa shape index (κ3) is 5.79. The molecule has 1 fully saturated rings. The van der Waals surface area contributed by atoms with Crippen LogP contribution in [0, 0.1) is 0 Å². The minimum absolute atomic E-state index is 0.191. The fraction of sp³-hybridized carbons (Fsp3) is 0.462. The van der Waals surface area contributed by atoms with E-state index < -0.39 is 23.8 Å². The number of halogens is 1. The van der Waals surface area contributed by atoms with Gasteiger partial charge in [0, 0.05) is 53.4 Å². The number of H-pyrrole nitrogens is 1. The third-order valence-corrected chi connectivity index (χ3v) is 7.86. The Hall–Kier alpha value is -3.15. The topological polar surface area (TPSA) is 120 Å². The smallest absolute Gasteiger partial charge is 0.410 e. The zero-order chi connectivity index (χ0) is 27.2. The van der Waals surface area contributed by atoms with Gasteiger partial charge in [0.1, 0.15) is 11.3 Å². The summed E-state index contributed by atoms with van der Waals surface area (Å²) in [6.45, 7) is 7.44. The molecule has 3 amide bonds. The minimum atomic E-state index is -0.671. The van der Waals surface area contributed by atoms with Crippen LogP contribution in [0.4, 0.5) is 4.79 Å². The molecule has 4 heterocycles. The van der Waals surface area contributed by atoms with Crippen molar-refractivity contribution in [2.75, 3.05) is 26.7 Å². The van der Waals surface area contributed by atoms with E-state index in [1.54, 1.807) is 39.0 Å². The summed E-state index contributed by atoms with van der Waals surface area (Å²) >= 11 is 7.47. The molecule has 3 N–H and O–H groups in total. The van der Waals surface area contributed by atoms with Gasteiger partial charge in [0.2, 0.25) is 0 Å². The molecule has 10 nitrogen and oxygen atoms in total. The second-order valence-corrected chi connectivity index (χ2v) is 12.4. The number of aromatic amines is 1. The van der Waals surface area contributed by atoms with E-state index in [9.17, 15) is 14.4 Å². The third-order valence-electron chi connectivity index (χ3n) is 6.55. The fourth-order valence-corrected chi connectivity index (χ4v) is 5.97. The van der Waals surface area contributed by atoms with Gasteiger partial charge in [0.05, 0.1) is 17.8 Å². The second kappa shape index (κ2) is 10.2. The minimum Gasteiger partial charge on any atom is -0.444 e. The van der Waals surface area contributed by atoms with Crippen LogP contribution in [0.2, 0.25) is 5.02 Å². The Kier molecular flexibility index (Phi) is 7.10. The van der Waals surface area contributed by atoms with Gasteiger partial charge in [-0.1, -0.05) is 11.6 Å². The first kappa shape index (κ1) is 26.5. The lowest BCUT2D eigenvalue weighted by Crippen LogP contribution is -2.51. The SMILES string of the molecule is CN1CCc2nc(C(=O)NC3CN(C(=O)OC(C)(C)C)CC3NC(=O)c3cc4cc(Cl)ccc4[nH]3)sc2C1. The van der Waals surface area contributed by atoms with Gasteiger partial charge in [0.15, 0.2) is 5.01 Å². The Bertz CT molecular complexity index is 1400. The first-order valence-electron chi connectivity index (χ1n) is 12.5. The van der Waals surface area contributed by atoms with Crippen molar-refractivity contribution in [2.45, 2.75) is 51.4 Å². The standard InChI is InChI=1S/C26H31ClN6O4S/c1-26(2,3)37-25(36)33-11-19(29-22(34)18-10-14-9-15(27)5-6-16(14)28-18)20(12-33)30-23(35)24-31-17-7-8-32(4)13-21(17)38-24/h5-6,9-10,19-20,28H,7-8,11-13H2,1-4H3,(H,29,34)(H,30,35). The maximum atomic E-state index is 13.2. The van der Waals surface area contributed by atoms with E-state index in [1.807, 2.05) is 13.1 Å². The Labute approximate surface area is 229 Å². The highest BCUT2D eigenvalue weighted by Gasteiger charge is 2.39. The molecule has 2 aliphatic rings. The normalized spacial score (nSPS) is 19.9. The lowest BCUT2D eigenvalue weighted by Gasteiger charge is -2.24. The molecule has 0 saturated carbocycles. The van der Waals surface area contributed by atoms with Gasteiger partial charge in [0.25, 0.3) is 11.8 Å². The van der Waals surface area contributed by atoms with E-state index in [4.69, 9.17) is 16.3 Å². The lowest BCUT2D eigenvalue weighted by atomic mass is 10.1. The number of carbonyl (C=O) groups is 3. The first-order valence-corrected chi connectivity index (χ1v) is 13.7. The summed E-state index contributed by atoms with van der Waals surface area (Å²) in [6.07, 6.45) is 0.307. The number of hydrogen-bond donors (Lipinski definition) is 3. The second-order valence-electron chi connectivity index (χ2n) is 10.8. The molecule has 5 rings (SSSR count). The van der Waals surface area contributed by atoms with Gasteiger partial charge in [-0.25, -0.2) is 9.78 Å². The summed E-state index contributed by atoms with van der Waals surface area (Å²) in [5, 5.41) is 7.77. The van der Waals surface area contributed by atoms with Crippen LogP contribution in [0.3, 0.4) is 0 Å². The van der Waals surface area contributed by atoms with Crippen molar-refractivity contribution < 1.29 is 19.1 Å². The lowest BCUT2D eigenvalue weighted by molar-refractivity contribution is 0.0286. The summed E-state index contributed by atoms with van der Waals surface area (Å²) in [6, 6.07) is 6.00. The van der Waals surface area contributed by atoms with Crippen LogP contribution in [-0.2, 0) is 17.7 Å². The Morgan fingerprint density at radius 3 is 2.55 bits per heavy atom. The van der Waals surface area contributed by atoms with E-state index in [0.29, 0.717) is 15.7 Å². The molecule has 38 heavy (non-hydrogen) atoms. The predicted octanol–water partition coefficient (Wildman–Crippen LogP) is 3.41. The Balaban J connectivity index is 1.33. The largest absolute Gasteiger partial charge is 0.444 e. The number of hydrogen-bond acceptors (Lipinski definition) is 7. The molecule has 0 spiro atoms. The number of nitrogens with one attached hydrogen (secondary N) is 3. The van der Waals surface area contributed by atoms with Crippen molar-refractivity contribution in [3.05, 3.63) is 50.6 Å². The zero-order valence-corrected chi connectivity index (χ0v) is 23.3. The van der Waals surface area contributed by atoms with Gasteiger partial charge >= 0.3 is 6.09 Å². The molecule has 2 aliphatic heterocycles. The molecular weight excluding hydrogens is 528 g/mol. The highest BCUT2D eigenvalue weighted by atomic mass is 35.5. The van der Waals surface area contributed by atoms with E-state index in [-0.39, 0.29) is 24.9 Å². The molecule has 2 aromatic heterocycles. The average Bonchev–Trinajstić information content (AvgIpc) is 3.54. The number of aromatic nitrogens is 2. The number of ether oxygens (including phenoxy) is 1. The molecule has 2 unspecified atom stereocenters. The molecular formula is C26H31ClN6O4S. The van der Waals surface area contributed by atoms with Crippen LogP contribution in [0.5, 0.6) is 0 Å². The quantitative estimate of drug-likeness (QED) is 0.451. The van der Waals surface area contributed by atoms with Crippen LogP contribution in [-0.4, -0.2) is 82.0 Å². The number of carbonyl (C=O) groups excluding carboxylic acids is 3. The summed E-state index contributed by atoms with van der Waals surface area (Å²) in [5.74, 6) is -0.664. The number of thiazole rings is 1. The van der Waals surface area contributed by atoms with Crippen LogP contribution < -0.4 is 10.6 Å². The van der Waals surface area contributed by atoms with Crippen LogP contribution in [0.15, 0.2) is 24.3 Å². The number of likely N-dealkylation sites (tertiary alicyclic amines) is 1. The number of likely N-dealkylation sites (N-methyl/N-ethyl adjacent to an activating group) is 1. The maximum absolute atomic E-state index is 13.2. The van der Waals surface area contributed by atoms with Gasteiger partial charge < -0.3 is 30.2 Å². The molecule has 202 valence electrons. The van der Waals surface area contributed by atoms with Crippen molar-refractivity contribution in [1.29, 1.82) is 0 Å². The molecule has 1 saturated heterocycles. The summed E-state index contributed by atoms with van der Waals surface area (Å²) in [7, 11) is 2.04. The van der Waals surface area contributed by atoms with E-state index in [1.165, 1.54) is 16.2 Å². The molecule has 12 heteroatoms. The van der Waals surface area contributed by atoms with Crippen molar-refractivity contribution in [2.24, 2.45) is 0 Å². The average molecular weight is 559 g/mol. The highest BCUT2D eigenvalue weighted by molar-refractivity contribution is 7.13. The van der Waals surface area contributed by atoms with Crippen molar-refractivity contribution in [3.8, 4) is 0 Å². The fourth-order valence-electron chi connectivity index (χ4n) is 4.69. The monoisotopic (exact) mass is 558 g/mol. The first-order chi connectivity index (χ1) is 17.9. The summed E-state index contributed by atoms with van der Waals surface area (Å²) < 4.78 is 5.54. The van der Waals surface area contributed by atoms with Gasteiger partial charge in [-0.15, -0.1) is 11.3 Å².